The van der Waals surface area contributed by atoms with Gasteiger partial charge in [0, 0.05) is 38.6 Å². The molecule has 4 nitrogen and oxygen atoms in total. The van der Waals surface area contributed by atoms with Gasteiger partial charge in [0.05, 0.1) is 0 Å². The van der Waals surface area contributed by atoms with E-state index in [0.717, 1.165) is 44.8 Å². The first kappa shape index (κ1) is 21.1. The molecule has 0 aliphatic carbocycles. The van der Waals surface area contributed by atoms with E-state index in [1.807, 2.05) is 18.2 Å². The molecule has 0 aromatic heterocycles. The third-order valence-electron chi connectivity index (χ3n) is 6.63. The molecule has 2 aliphatic rings. The molecule has 4 rings (SSSR count). The van der Waals surface area contributed by atoms with Crippen LogP contribution in [0.3, 0.4) is 0 Å². The van der Waals surface area contributed by atoms with Crippen LogP contribution in [0.4, 0.5) is 0 Å². The van der Waals surface area contributed by atoms with E-state index in [-0.39, 0.29) is 5.91 Å². The first-order chi connectivity index (χ1) is 14.8. The molecule has 0 saturated carbocycles. The Labute approximate surface area is 181 Å². The maximum Gasteiger partial charge on any atom is 0.220 e. The molecule has 1 amide bonds. The minimum atomic E-state index is 0.189. The van der Waals surface area contributed by atoms with E-state index >= 15 is 0 Å². The van der Waals surface area contributed by atoms with E-state index in [1.54, 1.807) is 0 Å². The Bertz CT molecular complexity index is 779. The number of nitrogens with one attached hydrogen (secondary N) is 2. The van der Waals surface area contributed by atoms with E-state index in [1.165, 1.54) is 30.6 Å². The Morgan fingerprint density at radius 1 is 1.00 bits per heavy atom. The van der Waals surface area contributed by atoms with Crippen LogP contribution in [-0.4, -0.2) is 43.0 Å². The number of hydrogen-bond donors (Lipinski definition) is 2. The van der Waals surface area contributed by atoms with Gasteiger partial charge in [-0.25, -0.2) is 0 Å². The smallest absolute Gasteiger partial charge is 0.220 e. The van der Waals surface area contributed by atoms with Gasteiger partial charge in [-0.1, -0.05) is 60.7 Å². The molecule has 4 heteroatoms. The molecule has 3 atom stereocenters. The van der Waals surface area contributed by atoms with E-state index in [9.17, 15) is 4.79 Å². The van der Waals surface area contributed by atoms with Gasteiger partial charge in [-0.3, -0.25) is 9.69 Å². The molecular weight excluding hydrogens is 370 g/mol. The Hall–Kier alpha value is -2.17. The second kappa shape index (κ2) is 10.7. The molecule has 30 heavy (non-hydrogen) atoms. The number of carbonyl (C=O) groups excluding carboxylic acids is 1. The topological polar surface area (TPSA) is 44.4 Å². The normalized spacial score (nSPS) is 23.8. The lowest BCUT2D eigenvalue weighted by molar-refractivity contribution is -0.121. The predicted molar refractivity (Wildman–Crippen MR) is 122 cm³/mol. The summed E-state index contributed by atoms with van der Waals surface area (Å²) >= 11 is 0. The molecule has 2 aliphatic heterocycles. The van der Waals surface area contributed by atoms with E-state index in [4.69, 9.17) is 0 Å². The molecule has 0 spiro atoms. The van der Waals surface area contributed by atoms with Crippen molar-refractivity contribution >= 4 is 5.91 Å². The standard InChI is InChI=1S/C26H35N3O/c30-26(27-15-14-21-8-3-1-4-9-21)13-7-12-25-24-16-23(17-28-25)19-29(20-24)18-22-10-5-2-6-11-22/h1-6,8-11,23-25,28H,7,12-20H2,(H,27,30). The summed E-state index contributed by atoms with van der Waals surface area (Å²) < 4.78 is 0. The van der Waals surface area contributed by atoms with Crippen molar-refractivity contribution in [1.82, 2.24) is 15.5 Å². The molecule has 2 fully saturated rings. The van der Waals surface area contributed by atoms with Gasteiger partial charge in [0.1, 0.15) is 0 Å². The molecule has 3 unspecified atom stereocenters. The molecule has 2 N–H and O–H groups in total. The lowest BCUT2D eigenvalue weighted by Crippen LogP contribution is -2.55. The first-order valence-electron chi connectivity index (χ1n) is 11.6. The van der Waals surface area contributed by atoms with E-state index < -0.39 is 0 Å². The summed E-state index contributed by atoms with van der Waals surface area (Å²) in [5.74, 6) is 1.67. The summed E-state index contributed by atoms with van der Waals surface area (Å²) in [6.07, 6.45) is 4.94. The highest BCUT2D eigenvalue weighted by atomic mass is 16.1. The van der Waals surface area contributed by atoms with Crippen molar-refractivity contribution in [2.45, 2.75) is 44.7 Å². The maximum absolute atomic E-state index is 12.2. The highest BCUT2D eigenvalue weighted by Gasteiger charge is 2.35. The van der Waals surface area contributed by atoms with Gasteiger partial charge in [0.2, 0.25) is 5.91 Å². The van der Waals surface area contributed by atoms with Crippen molar-refractivity contribution in [3.63, 3.8) is 0 Å². The van der Waals surface area contributed by atoms with Crippen molar-refractivity contribution in [2.24, 2.45) is 11.8 Å². The third kappa shape index (κ3) is 6.16. The fraction of sp³-hybridized carbons (Fsp3) is 0.500. The molecular formula is C26H35N3O. The fourth-order valence-electron chi connectivity index (χ4n) is 5.14. The molecule has 0 radical (unpaired) electrons. The average molecular weight is 406 g/mol. The van der Waals surface area contributed by atoms with Gasteiger partial charge in [-0.05, 0) is 55.2 Å². The highest BCUT2D eigenvalue weighted by molar-refractivity contribution is 5.75. The Kier molecular flexibility index (Phi) is 7.54. The average Bonchev–Trinajstić information content (AvgIpc) is 2.77. The zero-order valence-corrected chi connectivity index (χ0v) is 17.9. The lowest BCUT2D eigenvalue weighted by atomic mass is 9.79. The number of nitrogens with zero attached hydrogens (tertiary/aromatic N) is 1. The first-order valence-corrected chi connectivity index (χ1v) is 11.6. The van der Waals surface area contributed by atoms with Gasteiger partial charge in [-0.2, -0.15) is 0 Å². The van der Waals surface area contributed by atoms with Crippen LogP contribution in [0.1, 0.15) is 36.8 Å². The van der Waals surface area contributed by atoms with Crippen molar-refractivity contribution in [3.05, 3.63) is 71.8 Å². The quantitative estimate of drug-likeness (QED) is 0.670. The van der Waals surface area contributed by atoms with E-state index in [0.29, 0.717) is 18.4 Å². The van der Waals surface area contributed by atoms with Crippen LogP contribution >= 0.6 is 0 Å². The number of benzene rings is 2. The number of amides is 1. The summed E-state index contributed by atoms with van der Waals surface area (Å²) in [6, 6.07) is 21.7. The second-order valence-electron chi connectivity index (χ2n) is 9.03. The van der Waals surface area contributed by atoms with Crippen molar-refractivity contribution in [2.75, 3.05) is 26.2 Å². The van der Waals surface area contributed by atoms with Crippen LogP contribution in [0.5, 0.6) is 0 Å². The van der Waals surface area contributed by atoms with Gasteiger partial charge in [0.25, 0.3) is 0 Å². The third-order valence-corrected chi connectivity index (χ3v) is 6.63. The van der Waals surface area contributed by atoms with Crippen molar-refractivity contribution < 1.29 is 4.79 Å². The van der Waals surface area contributed by atoms with Gasteiger partial charge < -0.3 is 10.6 Å². The monoisotopic (exact) mass is 405 g/mol. The number of carbonyl (C=O) groups is 1. The summed E-state index contributed by atoms with van der Waals surface area (Å²) in [6.45, 7) is 5.28. The summed E-state index contributed by atoms with van der Waals surface area (Å²) in [5.41, 5.74) is 2.69. The van der Waals surface area contributed by atoms with Gasteiger partial charge >= 0.3 is 0 Å². The Morgan fingerprint density at radius 2 is 1.73 bits per heavy atom. The lowest BCUT2D eigenvalue weighted by Gasteiger charge is -2.46. The molecule has 2 saturated heterocycles. The van der Waals surface area contributed by atoms with Crippen LogP contribution in [0.15, 0.2) is 60.7 Å². The predicted octanol–water partition coefficient (Wildman–Crippen LogP) is 3.63. The number of likely N-dealkylation sites (tertiary alicyclic amines) is 1. The van der Waals surface area contributed by atoms with Crippen LogP contribution in [0, 0.1) is 11.8 Å². The Balaban J connectivity index is 1.16. The van der Waals surface area contributed by atoms with E-state index in [2.05, 4.69) is 58.0 Å². The zero-order valence-electron chi connectivity index (χ0n) is 17.9. The number of piperidine rings is 2. The number of fused-ring (bicyclic) bond motifs is 2. The number of rotatable bonds is 9. The fourth-order valence-corrected chi connectivity index (χ4v) is 5.14. The van der Waals surface area contributed by atoms with Gasteiger partial charge in [0.15, 0.2) is 0 Å². The second-order valence-corrected chi connectivity index (χ2v) is 9.03. The molecule has 2 heterocycles. The molecule has 2 aromatic carbocycles. The van der Waals surface area contributed by atoms with Crippen LogP contribution in [0.2, 0.25) is 0 Å². The minimum Gasteiger partial charge on any atom is -0.356 e. The van der Waals surface area contributed by atoms with Crippen molar-refractivity contribution in [3.8, 4) is 0 Å². The SMILES string of the molecule is O=C(CCCC1NCC2CC1CN(Cc1ccccc1)C2)NCCc1ccccc1. The van der Waals surface area contributed by atoms with Crippen LogP contribution in [0.25, 0.3) is 0 Å². The van der Waals surface area contributed by atoms with Crippen molar-refractivity contribution in [1.29, 1.82) is 0 Å². The Morgan fingerprint density at radius 3 is 2.50 bits per heavy atom. The molecule has 2 aromatic rings. The summed E-state index contributed by atoms with van der Waals surface area (Å²) in [5, 5.41) is 6.86. The summed E-state index contributed by atoms with van der Waals surface area (Å²) in [4.78, 5) is 14.8. The molecule has 160 valence electrons. The van der Waals surface area contributed by atoms with Crippen LogP contribution in [-0.2, 0) is 17.8 Å². The highest BCUT2D eigenvalue weighted by Crippen LogP contribution is 2.31. The van der Waals surface area contributed by atoms with Crippen LogP contribution < -0.4 is 10.6 Å². The molecule has 2 bridgehead atoms. The zero-order chi connectivity index (χ0) is 20.6. The summed E-state index contributed by atoms with van der Waals surface area (Å²) in [7, 11) is 0. The minimum absolute atomic E-state index is 0.189. The number of hydrogen-bond acceptors (Lipinski definition) is 3. The maximum atomic E-state index is 12.2. The largest absolute Gasteiger partial charge is 0.356 e. The van der Waals surface area contributed by atoms with Gasteiger partial charge in [-0.15, -0.1) is 0 Å².